The number of halogens is 1. The first kappa shape index (κ1) is 21.6. The van der Waals surface area contributed by atoms with Crippen molar-refractivity contribution in [3.63, 3.8) is 0 Å². The van der Waals surface area contributed by atoms with Gasteiger partial charge in [0.15, 0.2) is 0 Å². The lowest BCUT2D eigenvalue weighted by molar-refractivity contribution is -0.123. The zero-order chi connectivity index (χ0) is 20.5. The van der Waals surface area contributed by atoms with Crippen molar-refractivity contribution >= 4 is 34.0 Å². The minimum Gasteiger partial charge on any atom is -0.493 e. The molecule has 2 aromatic carbocycles. The van der Waals surface area contributed by atoms with Crippen LogP contribution in [0.25, 0.3) is 0 Å². The summed E-state index contributed by atoms with van der Waals surface area (Å²) in [6.07, 6.45) is 1.52. The number of nitrogens with one attached hydrogen (secondary N) is 2. The molecule has 2 aromatic rings. The van der Waals surface area contributed by atoms with Gasteiger partial charge in [-0.25, -0.2) is 5.43 Å². The van der Waals surface area contributed by atoms with Crippen LogP contribution < -0.4 is 15.5 Å². The molecule has 0 heterocycles. The minimum atomic E-state index is -0.710. The first-order valence-corrected chi connectivity index (χ1v) is 9.82. The van der Waals surface area contributed by atoms with Crippen molar-refractivity contribution in [1.29, 1.82) is 0 Å². The number of ether oxygens (including phenoxy) is 1. The summed E-state index contributed by atoms with van der Waals surface area (Å²) in [4.78, 5) is 24.9. The normalized spacial score (nSPS) is 12.0. The van der Waals surface area contributed by atoms with E-state index in [2.05, 4.69) is 31.8 Å². The van der Waals surface area contributed by atoms with Crippen LogP contribution in [0.5, 0.6) is 5.75 Å². The second-order valence-electron chi connectivity index (χ2n) is 6.41. The molecule has 7 heteroatoms. The molecule has 0 saturated heterocycles. The number of benzene rings is 2. The fraction of sp³-hybridized carbons (Fsp3) is 0.286. The predicted molar refractivity (Wildman–Crippen MR) is 114 cm³/mol. The molecule has 2 amide bonds. The summed E-state index contributed by atoms with van der Waals surface area (Å²) in [5, 5.41) is 6.80. The van der Waals surface area contributed by atoms with Crippen LogP contribution in [0.3, 0.4) is 0 Å². The number of amides is 2. The van der Waals surface area contributed by atoms with Gasteiger partial charge in [0.25, 0.3) is 11.8 Å². The number of nitrogens with zero attached hydrogens (tertiary/aromatic N) is 1. The third kappa shape index (κ3) is 6.20. The van der Waals surface area contributed by atoms with Gasteiger partial charge in [0.05, 0.1) is 12.8 Å². The summed E-state index contributed by atoms with van der Waals surface area (Å²) in [5.74, 6) is -0.123. The van der Waals surface area contributed by atoms with Crippen LogP contribution >= 0.6 is 15.9 Å². The molecule has 0 aliphatic carbocycles. The second-order valence-corrected chi connectivity index (χ2v) is 7.33. The Kier molecular flexibility index (Phi) is 8.19. The lowest BCUT2D eigenvalue weighted by Gasteiger charge is -2.20. The van der Waals surface area contributed by atoms with Crippen molar-refractivity contribution in [1.82, 2.24) is 10.7 Å². The van der Waals surface area contributed by atoms with Gasteiger partial charge in [-0.3, -0.25) is 9.59 Å². The molecule has 2 N–H and O–H groups in total. The third-order valence-corrected chi connectivity index (χ3v) is 4.42. The smallest absolute Gasteiger partial charge is 0.262 e. The number of hydrazone groups is 1. The van der Waals surface area contributed by atoms with Crippen molar-refractivity contribution in [3.8, 4) is 5.75 Å². The van der Waals surface area contributed by atoms with E-state index in [0.717, 1.165) is 10.0 Å². The molecule has 0 aromatic heterocycles. The van der Waals surface area contributed by atoms with E-state index in [-0.39, 0.29) is 17.7 Å². The molecule has 6 nitrogen and oxygen atoms in total. The van der Waals surface area contributed by atoms with Gasteiger partial charge in [0, 0.05) is 15.6 Å². The highest BCUT2D eigenvalue weighted by atomic mass is 79.9. The molecule has 28 heavy (non-hydrogen) atoms. The zero-order valence-electron chi connectivity index (χ0n) is 16.1. The highest BCUT2D eigenvalue weighted by molar-refractivity contribution is 9.10. The molecule has 2 rings (SSSR count). The average Bonchev–Trinajstić information content (AvgIpc) is 2.68. The first-order valence-electron chi connectivity index (χ1n) is 9.03. The van der Waals surface area contributed by atoms with Crippen molar-refractivity contribution in [2.24, 2.45) is 11.0 Å². The zero-order valence-corrected chi connectivity index (χ0v) is 17.7. The van der Waals surface area contributed by atoms with E-state index >= 15 is 0 Å². The van der Waals surface area contributed by atoms with Gasteiger partial charge in [-0.1, -0.05) is 48.0 Å². The van der Waals surface area contributed by atoms with Gasteiger partial charge in [0.2, 0.25) is 0 Å². The topological polar surface area (TPSA) is 79.8 Å². The van der Waals surface area contributed by atoms with E-state index in [0.29, 0.717) is 17.9 Å². The van der Waals surface area contributed by atoms with E-state index in [9.17, 15) is 9.59 Å². The fourth-order valence-corrected chi connectivity index (χ4v) is 2.87. The van der Waals surface area contributed by atoms with E-state index in [1.165, 1.54) is 6.21 Å². The lowest BCUT2D eigenvalue weighted by Crippen LogP contribution is -2.48. The van der Waals surface area contributed by atoms with Crippen molar-refractivity contribution in [3.05, 3.63) is 64.1 Å². The summed E-state index contributed by atoms with van der Waals surface area (Å²) in [6, 6.07) is 13.6. The summed E-state index contributed by atoms with van der Waals surface area (Å²) >= 11 is 3.41. The highest BCUT2D eigenvalue weighted by Gasteiger charge is 2.24. The molecule has 1 unspecified atom stereocenters. The summed E-state index contributed by atoms with van der Waals surface area (Å²) in [7, 11) is 0. The van der Waals surface area contributed by atoms with E-state index in [4.69, 9.17) is 4.74 Å². The maximum atomic E-state index is 12.5. The number of carbonyl (C=O) groups is 2. The molecule has 1 atom stereocenters. The molecule has 0 spiro atoms. The Labute approximate surface area is 173 Å². The highest BCUT2D eigenvalue weighted by Crippen LogP contribution is 2.21. The van der Waals surface area contributed by atoms with Gasteiger partial charge < -0.3 is 10.1 Å². The van der Waals surface area contributed by atoms with Gasteiger partial charge in [-0.15, -0.1) is 0 Å². The number of rotatable bonds is 8. The molecule has 0 bridgehead atoms. The van der Waals surface area contributed by atoms with Crippen LogP contribution in [0.4, 0.5) is 0 Å². The van der Waals surface area contributed by atoms with Crippen molar-refractivity contribution in [2.75, 3.05) is 6.61 Å². The van der Waals surface area contributed by atoms with E-state index in [1.807, 2.05) is 45.0 Å². The van der Waals surface area contributed by atoms with Crippen LogP contribution in [-0.4, -0.2) is 30.7 Å². The maximum Gasteiger partial charge on any atom is 0.262 e. The van der Waals surface area contributed by atoms with Gasteiger partial charge in [-0.2, -0.15) is 5.10 Å². The van der Waals surface area contributed by atoms with Crippen molar-refractivity contribution in [2.45, 2.75) is 26.8 Å². The van der Waals surface area contributed by atoms with Crippen LogP contribution in [-0.2, 0) is 4.79 Å². The maximum absolute atomic E-state index is 12.5. The van der Waals surface area contributed by atoms with Crippen LogP contribution in [0.1, 0.15) is 36.7 Å². The molecule has 148 valence electrons. The molecule has 0 saturated carbocycles. The quantitative estimate of drug-likeness (QED) is 0.479. The van der Waals surface area contributed by atoms with Gasteiger partial charge in [-0.05, 0) is 43.2 Å². The van der Waals surface area contributed by atoms with Crippen LogP contribution in [0.2, 0.25) is 0 Å². The second kappa shape index (κ2) is 10.6. The Balaban J connectivity index is 2.06. The monoisotopic (exact) mass is 445 g/mol. The first-order chi connectivity index (χ1) is 13.4. The van der Waals surface area contributed by atoms with E-state index < -0.39 is 6.04 Å². The number of carbonyl (C=O) groups excluding carboxylic acids is 2. The minimum absolute atomic E-state index is 0.104. The molecule has 0 fully saturated rings. The summed E-state index contributed by atoms with van der Waals surface area (Å²) in [6.45, 7) is 6.14. The largest absolute Gasteiger partial charge is 0.493 e. The Bertz CT molecular complexity index is 838. The SMILES string of the molecule is CCOc1ccc(Br)cc1/C=N/NC(=O)C(NC(=O)c1ccccc1)C(C)C. The average molecular weight is 446 g/mol. The molecule has 0 aliphatic heterocycles. The Morgan fingerprint density at radius 2 is 1.89 bits per heavy atom. The van der Waals surface area contributed by atoms with Gasteiger partial charge in [0.1, 0.15) is 11.8 Å². The molecule has 0 aliphatic rings. The Morgan fingerprint density at radius 1 is 1.18 bits per heavy atom. The predicted octanol–water partition coefficient (Wildman–Crippen LogP) is 3.75. The fourth-order valence-electron chi connectivity index (χ4n) is 2.49. The molecular weight excluding hydrogens is 422 g/mol. The summed E-state index contributed by atoms with van der Waals surface area (Å²) < 4.78 is 6.43. The van der Waals surface area contributed by atoms with Crippen LogP contribution in [0, 0.1) is 5.92 Å². The number of hydrogen-bond acceptors (Lipinski definition) is 4. The standard InChI is InChI=1S/C21H24BrN3O3/c1-4-28-18-11-10-17(22)12-16(18)13-23-25-21(27)19(14(2)3)24-20(26)15-8-6-5-7-9-15/h5-14,19H,4H2,1-3H3,(H,24,26)(H,25,27)/b23-13+. The van der Waals surface area contributed by atoms with Crippen molar-refractivity contribution < 1.29 is 14.3 Å². The number of hydrogen-bond donors (Lipinski definition) is 2. The third-order valence-electron chi connectivity index (χ3n) is 3.92. The van der Waals surface area contributed by atoms with Crippen LogP contribution in [0.15, 0.2) is 58.1 Å². The lowest BCUT2D eigenvalue weighted by atomic mass is 10.0. The van der Waals surface area contributed by atoms with Gasteiger partial charge >= 0.3 is 0 Å². The van der Waals surface area contributed by atoms with E-state index in [1.54, 1.807) is 24.3 Å². The summed E-state index contributed by atoms with van der Waals surface area (Å²) in [5.41, 5.74) is 3.73. The Hall–Kier alpha value is -2.67. The Morgan fingerprint density at radius 3 is 2.54 bits per heavy atom. The molecule has 0 radical (unpaired) electrons. The molecular formula is C21H24BrN3O3.